The summed E-state index contributed by atoms with van der Waals surface area (Å²) in [5.41, 5.74) is 0.639. The molecule has 2 amide bonds. The number of amides is 2. The third-order valence-corrected chi connectivity index (χ3v) is 4.61. The highest BCUT2D eigenvalue weighted by Gasteiger charge is 2.18. The first-order valence-electron chi connectivity index (χ1n) is 8.34. The van der Waals surface area contributed by atoms with Crippen LogP contribution in [0.5, 0.6) is 0 Å². The molecule has 0 spiro atoms. The fourth-order valence-electron chi connectivity index (χ4n) is 2.20. The minimum atomic E-state index is -0.344. The van der Waals surface area contributed by atoms with Gasteiger partial charge in [-0.05, 0) is 57.2 Å². The fourth-order valence-corrected chi connectivity index (χ4v) is 3.18. The van der Waals surface area contributed by atoms with E-state index < -0.39 is 0 Å². The summed E-state index contributed by atoms with van der Waals surface area (Å²) in [7, 11) is 0. The quantitative estimate of drug-likeness (QED) is 0.683. The van der Waals surface area contributed by atoms with Crippen molar-refractivity contribution in [2.75, 3.05) is 11.1 Å². The van der Waals surface area contributed by atoms with Gasteiger partial charge in [0.25, 0.3) is 5.91 Å². The number of rotatable bonds is 6. The molecule has 0 saturated carbocycles. The zero-order valence-corrected chi connectivity index (χ0v) is 16.7. The second-order valence-corrected chi connectivity index (χ2v) is 8.46. The van der Waals surface area contributed by atoms with Crippen molar-refractivity contribution in [1.82, 2.24) is 5.32 Å². The molecular formula is C20H23ClN2O2S. The second-order valence-electron chi connectivity index (χ2n) is 6.85. The number of carbonyl (C=O) groups excluding carboxylic acids is 2. The minimum absolute atomic E-state index is 0.123. The lowest BCUT2D eigenvalue weighted by atomic mass is 10.1. The molecule has 2 aromatic carbocycles. The van der Waals surface area contributed by atoms with Gasteiger partial charge in [-0.15, -0.1) is 11.8 Å². The van der Waals surface area contributed by atoms with Crippen LogP contribution < -0.4 is 10.6 Å². The third-order valence-electron chi connectivity index (χ3n) is 3.35. The molecule has 2 N–H and O–H groups in total. The number of thioether (sulfide) groups is 1. The van der Waals surface area contributed by atoms with Crippen molar-refractivity contribution in [1.29, 1.82) is 0 Å². The Kier molecular flexibility index (Phi) is 7.12. The molecule has 0 saturated heterocycles. The third kappa shape index (κ3) is 6.73. The average Bonchev–Trinajstić information content (AvgIpc) is 2.55. The van der Waals surface area contributed by atoms with Gasteiger partial charge in [0.15, 0.2) is 0 Å². The predicted octanol–water partition coefficient (Wildman–Crippen LogP) is 4.99. The van der Waals surface area contributed by atoms with Gasteiger partial charge in [-0.3, -0.25) is 9.59 Å². The largest absolute Gasteiger partial charge is 0.347 e. The van der Waals surface area contributed by atoms with E-state index in [2.05, 4.69) is 10.6 Å². The number of anilines is 1. The number of nitrogens with one attached hydrogen (secondary N) is 2. The summed E-state index contributed by atoms with van der Waals surface area (Å²) in [6.07, 6.45) is 0.350. The maximum absolute atomic E-state index is 12.4. The van der Waals surface area contributed by atoms with Crippen molar-refractivity contribution in [2.24, 2.45) is 0 Å². The highest BCUT2D eigenvalue weighted by atomic mass is 35.5. The Morgan fingerprint density at radius 3 is 2.35 bits per heavy atom. The Hall–Kier alpha value is -1.98. The van der Waals surface area contributed by atoms with Gasteiger partial charge < -0.3 is 10.6 Å². The zero-order valence-electron chi connectivity index (χ0n) is 15.1. The lowest BCUT2D eigenvalue weighted by molar-refractivity contribution is -0.115. The molecule has 0 radical (unpaired) electrons. The molecule has 2 rings (SSSR count). The van der Waals surface area contributed by atoms with Crippen molar-refractivity contribution in [3.63, 3.8) is 0 Å². The van der Waals surface area contributed by atoms with E-state index in [1.165, 1.54) is 0 Å². The SMILES string of the molecule is CC(C)(C)NC(=O)c1ccccc1NC(=O)CCSc1ccc(Cl)cc1. The molecule has 4 nitrogen and oxygen atoms in total. The van der Waals surface area contributed by atoms with Crippen LogP contribution in [0.2, 0.25) is 5.02 Å². The molecule has 138 valence electrons. The molecule has 0 heterocycles. The van der Waals surface area contributed by atoms with Gasteiger partial charge in [-0.2, -0.15) is 0 Å². The van der Waals surface area contributed by atoms with Gasteiger partial charge in [-0.1, -0.05) is 23.7 Å². The van der Waals surface area contributed by atoms with Gasteiger partial charge in [0.1, 0.15) is 0 Å². The van der Waals surface area contributed by atoms with E-state index in [1.807, 2.05) is 45.0 Å². The van der Waals surface area contributed by atoms with Crippen LogP contribution in [0.25, 0.3) is 0 Å². The summed E-state index contributed by atoms with van der Waals surface area (Å²) < 4.78 is 0. The molecule has 0 aromatic heterocycles. The zero-order chi connectivity index (χ0) is 19.2. The van der Waals surface area contributed by atoms with Crippen molar-refractivity contribution in [2.45, 2.75) is 37.6 Å². The number of carbonyl (C=O) groups is 2. The van der Waals surface area contributed by atoms with Gasteiger partial charge in [0, 0.05) is 27.6 Å². The molecule has 26 heavy (non-hydrogen) atoms. The van der Waals surface area contributed by atoms with E-state index in [1.54, 1.807) is 36.0 Å². The van der Waals surface area contributed by atoms with E-state index in [-0.39, 0.29) is 17.4 Å². The standard InChI is InChI=1S/C20H23ClN2O2S/c1-20(2,3)23-19(25)16-6-4-5-7-17(16)22-18(24)12-13-26-15-10-8-14(21)9-11-15/h4-11H,12-13H2,1-3H3,(H,22,24)(H,23,25). The molecule has 0 aliphatic carbocycles. The van der Waals surface area contributed by atoms with Crippen LogP contribution in [0.1, 0.15) is 37.6 Å². The number of para-hydroxylation sites is 1. The Morgan fingerprint density at radius 1 is 1.04 bits per heavy atom. The molecule has 0 aliphatic rings. The monoisotopic (exact) mass is 390 g/mol. The van der Waals surface area contributed by atoms with Crippen molar-refractivity contribution < 1.29 is 9.59 Å². The van der Waals surface area contributed by atoms with E-state index in [0.29, 0.717) is 28.4 Å². The van der Waals surface area contributed by atoms with Crippen LogP contribution in [0.3, 0.4) is 0 Å². The van der Waals surface area contributed by atoms with Crippen molar-refractivity contribution >= 4 is 40.9 Å². The summed E-state index contributed by atoms with van der Waals surface area (Å²) in [6, 6.07) is 14.5. The molecule has 0 aliphatic heterocycles. The summed E-state index contributed by atoms with van der Waals surface area (Å²) in [6.45, 7) is 5.75. The lowest BCUT2D eigenvalue weighted by Gasteiger charge is -2.21. The van der Waals surface area contributed by atoms with Crippen LogP contribution in [-0.2, 0) is 4.79 Å². The first-order chi connectivity index (χ1) is 12.2. The number of benzene rings is 2. The van der Waals surface area contributed by atoms with E-state index >= 15 is 0 Å². The Balaban J connectivity index is 1.92. The van der Waals surface area contributed by atoms with Crippen molar-refractivity contribution in [3.8, 4) is 0 Å². The Bertz CT molecular complexity index is 770. The predicted molar refractivity (Wildman–Crippen MR) is 109 cm³/mol. The highest BCUT2D eigenvalue weighted by molar-refractivity contribution is 7.99. The smallest absolute Gasteiger partial charge is 0.253 e. The van der Waals surface area contributed by atoms with Gasteiger partial charge >= 0.3 is 0 Å². The summed E-state index contributed by atoms with van der Waals surface area (Å²) in [5, 5.41) is 6.44. The van der Waals surface area contributed by atoms with E-state index in [9.17, 15) is 9.59 Å². The number of halogens is 1. The normalized spacial score (nSPS) is 11.1. The minimum Gasteiger partial charge on any atom is -0.347 e. The Labute approximate surface area is 163 Å². The average molecular weight is 391 g/mol. The highest BCUT2D eigenvalue weighted by Crippen LogP contribution is 2.22. The van der Waals surface area contributed by atoms with Crippen LogP contribution in [0, 0.1) is 0 Å². The van der Waals surface area contributed by atoms with Crippen LogP contribution in [0.15, 0.2) is 53.4 Å². The summed E-state index contributed by atoms with van der Waals surface area (Å²) in [4.78, 5) is 25.7. The first-order valence-corrected chi connectivity index (χ1v) is 9.71. The fraction of sp³-hybridized carbons (Fsp3) is 0.300. The molecule has 2 aromatic rings. The van der Waals surface area contributed by atoms with E-state index in [0.717, 1.165) is 4.90 Å². The topological polar surface area (TPSA) is 58.2 Å². The van der Waals surface area contributed by atoms with Gasteiger partial charge in [0.2, 0.25) is 5.91 Å². The van der Waals surface area contributed by atoms with Crippen LogP contribution in [-0.4, -0.2) is 23.1 Å². The Morgan fingerprint density at radius 2 is 1.69 bits per heavy atom. The first kappa shape index (κ1) is 20.3. The summed E-state index contributed by atoms with van der Waals surface area (Å²) >= 11 is 7.45. The summed E-state index contributed by atoms with van der Waals surface area (Å²) in [5.74, 6) is 0.315. The number of hydrogen-bond acceptors (Lipinski definition) is 3. The van der Waals surface area contributed by atoms with Gasteiger partial charge in [0.05, 0.1) is 11.3 Å². The van der Waals surface area contributed by atoms with E-state index in [4.69, 9.17) is 11.6 Å². The number of hydrogen-bond donors (Lipinski definition) is 2. The molecule has 6 heteroatoms. The molecule has 0 unspecified atom stereocenters. The van der Waals surface area contributed by atoms with Crippen LogP contribution in [0.4, 0.5) is 5.69 Å². The maximum atomic E-state index is 12.4. The molecule has 0 fully saturated rings. The molecule has 0 bridgehead atoms. The van der Waals surface area contributed by atoms with Crippen molar-refractivity contribution in [3.05, 3.63) is 59.1 Å². The lowest BCUT2D eigenvalue weighted by Crippen LogP contribution is -2.40. The van der Waals surface area contributed by atoms with Crippen LogP contribution >= 0.6 is 23.4 Å². The second kappa shape index (κ2) is 9.10. The molecule has 0 atom stereocenters. The molecular weight excluding hydrogens is 368 g/mol. The maximum Gasteiger partial charge on any atom is 0.253 e. The van der Waals surface area contributed by atoms with Gasteiger partial charge in [-0.25, -0.2) is 0 Å².